The van der Waals surface area contributed by atoms with Crippen molar-refractivity contribution in [1.82, 2.24) is 14.9 Å². The second-order valence-electron chi connectivity index (χ2n) is 8.68. The molecule has 164 valence electrons. The van der Waals surface area contributed by atoms with E-state index in [2.05, 4.69) is 16.2 Å². The maximum atomic E-state index is 13.5. The van der Waals surface area contributed by atoms with Gasteiger partial charge in [-0.05, 0) is 44.5 Å². The fourth-order valence-corrected chi connectivity index (χ4v) is 4.97. The van der Waals surface area contributed by atoms with Crippen LogP contribution in [0.15, 0.2) is 53.6 Å². The minimum Gasteiger partial charge on any atom is -0.493 e. The Hall–Kier alpha value is -3.61. The zero-order chi connectivity index (χ0) is 22.5. The number of nitrogens with zero attached hydrogens (tertiary/aromatic N) is 3. The molecule has 7 heteroatoms. The Kier molecular flexibility index (Phi) is 4.77. The smallest absolute Gasteiger partial charge is 0.266 e. The van der Waals surface area contributed by atoms with Gasteiger partial charge < -0.3 is 14.6 Å². The maximum absolute atomic E-state index is 13.5. The summed E-state index contributed by atoms with van der Waals surface area (Å²) in [4.78, 5) is 31.9. The number of piperazine rings is 1. The van der Waals surface area contributed by atoms with Crippen LogP contribution in [0.4, 0.5) is 0 Å². The van der Waals surface area contributed by atoms with Gasteiger partial charge in [0.1, 0.15) is 18.3 Å². The summed E-state index contributed by atoms with van der Waals surface area (Å²) in [5, 5.41) is 6.79. The summed E-state index contributed by atoms with van der Waals surface area (Å²) in [5.74, 6) is 0.413. The standard InChI is InChI=1S/C25H26N4O3/c1-4-32-21-12-8-5-9-16(21)14-26-28-15-22(30)29-20(24(28)31)13-18-17-10-6-7-11-19(17)27-23(18)25(29,2)3/h5-12,14,20,27H,4,13,15H2,1-3H3. The molecule has 0 aliphatic carbocycles. The van der Waals surface area contributed by atoms with E-state index in [1.165, 1.54) is 5.01 Å². The lowest BCUT2D eigenvalue weighted by Gasteiger charge is -2.50. The minimum absolute atomic E-state index is 0.0817. The number of rotatable bonds is 4. The topological polar surface area (TPSA) is 78.0 Å². The number of hydrogen-bond acceptors (Lipinski definition) is 4. The first-order valence-corrected chi connectivity index (χ1v) is 10.9. The molecule has 1 atom stereocenters. The van der Waals surface area contributed by atoms with Gasteiger partial charge in [-0.1, -0.05) is 30.3 Å². The molecule has 1 fully saturated rings. The van der Waals surface area contributed by atoms with Crippen molar-refractivity contribution in [2.45, 2.75) is 38.8 Å². The number of benzene rings is 2. The summed E-state index contributed by atoms with van der Waals surface area (Å²) in [5.41, 5.74) is 3.26. The lowest BCUT2D eigenvalue weighted by Crippen LogP contribution is -2.66. The van der Waals surface area contributed by atoms with Crippen molar-refractivity contribution >= 4 is 28.9 Å². The fraction of sp³-hybridized carbons (Fsp3) is 0.320. The van der Waals surface area contributed by atoms with E-state index in [0.29, 0.717) is 18.8 Å². The van der Waals surface area contributed by atoms with Gasteiger partial charge in [0.15, 0.2) is 0 Å². The molecule has 3 heterocycles. The zero-order valence-corrected chi connectivity index (χ0v) is 18.5. The van der Waals surface area contributed by atoms with Crippen LogP contribution >= 0.6 is 0 Å². The van der Waals surface area contributed by atoms with Crippen LogP contribution < -0.4 is 4.74 Å². The molecule has 32 heavy (non-hydrogen) atoms. The molecule has 5 rings (SSSR count). The van der Waals surface area contributed by atoms with Crippen LogP contribution in [-0.2, 0) is 21.5 Å². The highest BCUT2D eigenvalue weighted by Gasteiger charge is 2.51. The summed E-state index contributed by atoms with van der Waals surface area (Å²) < 4.78 is 5.64. The van der Waals surface area contributed by atoms with E-state index in [9.17, 15) is 9.59 Å². The molecule has 0 bridgehead atoms. The Morgan fingerprint density at radius 1 is 1.16 bits per heavy atom. The highest BCUT2D eigenvalue weighted by Crippen LogP contribution is 2.42. The number of carbonyl (C=O) groups excluding carboxylic acids is 2. The van der Waals surface area contributed by atoms with Crippen molar-refractivity contribution < 1.29 is 14.3 Å². The first-order chi connectivity index (χ1) is 15.4. The summed E-state index contributed by atoms with van der Waals surface area (Å²) in [6.45, 7) is 6.36. The number of hydrogen-bond donors (Lipinski definition) is 1. The maximum Gasteiger partial charge on any atom is 0.266 e. The quantitative estimate of drug-likeness (QED) is 0.644. The van der Waals surface area contributed by atoms with E-state index in [-0.39, 0.29) is 18.4 Å². The Labute approximate surface area is 186 Å². The van der Waals surface area contributed by atoms with Crippen molar-refractivity contribution in [2.24, 2.45) is 5.10 Å². The molecule has 2 aromatic carbocycles. The van der Waals surface area contributed by atoms with Gasteiger partial charge in [0, 0.05) is 28.6 Å². The summed E-state index contributed by atoms with van der Waals surface area (Å²) in [6.07, 6.45) is 2.06. The molecular weight excluding hydrogens is 404 g/mol. The van der Waals surface area contributed by atoms with Gasteiger partial charge in [-0.2, -0.15) is 5.10 Å². The Morgan fingerprint density at radius 2 is 1.91 bits per heavy atom. The number of amides is 2. The van der Waals surface area contributed by atoms with E-state index in [1.807, 2.05) is 63.2 Å². The van der Waals surface area contributed by atoms with Crippen LogP contribution in [0, 0.1) is 0 Å². The average molecular weight is 431 g/mol. The third-order valence-corrected chi connectivity index (χ3v) is 6.39. The second kappa shape index (κ2) is 7.51. The molecule has 1 N–H and O–H groups in total. The molecule has 0 spiro atoms. The van der Waals surface area contributed by atoms with Gasteiger partial charge in [-0.25, -0.2) is 5.01 Å². The van der Waals surface area contributed by atoms with E-state index < -0.39 is 11.6 Å². The number of nitrogens with one attached hydrogen (secondary N) is 1. The number of aromatic amines is 1. The monoisotopic (exact) mass is 430 g/mol. The predicted octanol–water partition coefficient (Wildman–Crippen LogP) is 3.43. The molecule has 1 aromatic heterocycles. The van der Waals surface area contributed by atoms with E-state index >= 15 is 0 Å². The van der Waals surface area contributed by atoms with E-state index in [4.69, 9.17) is 4.74 Å². The Bertz CT molecular complexity index is 1240. The molecule has 1 unspecified atom stereocenters. The molecule has 7 nitrogen and oxygen atoms in total. The first-order valence-electron chi connectivity index (χ1n) is 10.9. The molecule has 2 aliphatic rings. The highest BCUT2D eigenvalue weighted by atomic mass is 16.5. The second-order valence-corrected chi connectivity index (χ2v) is 8.68. The van der Waals surface area contributed by atoms with Crippen molar-refractivity contribution in [2.75, 3.05) is 13.2 Å². The third-order valence-electron chi connectivity index (χ3n) is 6.39. The number of hydrazone groups is 1. The van der Waals surface area contributed by atoms with Crippen molar-refractivity contribution in [1.29, 1.82) is 0 Å². The van der Waals surface area contributed by atoms with Gasteiger partial charge >= 0.3 is 0 Å². The summed E-state index contributed by atoms with van der Waals surface area (Å²) in [7, 11) is 0. The lowest BCUT2D eigenvalue weighted by atomic mass is 9.82. The van der Waals surface area contributed by atoms with Gasteiger partial charge in [0.05, 0.1) is 18.4 Å². The van der Waals surface area contributed by atoms with Crippen molar-refractivity contribution in [3.05, 3.63) is 65.4 Å². The minimum atomic E-state index is -0.624. The van der Waals surface area contributed by atoms with Crippen LogP contribution in [0.25, 0.3) is 10.9 Å². The number of ether oxygens (including phenoxy) is 1. The first kappa shape index (κ1) is 20.3. The van der Waals surface area contributed by atoms with Gasteiger partial charge in [-0.3, -0.25) is 9.59 Å². The van der Waals surface area contributed by atoms with Crippen molar-refractivity contribution in [3.8, 4) is 5.75 Å². The molecule has 2 amide bonds. The van der Waals surface area contributed by atoms with E-state index in [0.717, 1.165) is 27.7 Å². The van der Waals surface area contributed by atoms with Gasteiger partial charge in [-0.15, -0.1) is 0 Å². The Morgan fingerprint density at radius 3 is 2.72 bits per heavy atom. The van der Waals surface area contributed by atoms with Crippen LogP contribution in [-0.4, -0.2) is 52.1 Å². The number of H-pyrrole nitrogens is 1. The summed E-state index contributed by atoms with van der Waals surface area (Å²) in [6, 6.07) is 15.0. The van der Waals surface area contributed by atoms with Crippen LogP contribution in [0.1, 0.15) is 37.6 Å². The number of para-hydroxylation sites is 2. The normalized spacial score (nSPS) is 20.0. The SMILES string of the molecule is CCOc1ccccc1C=NN1CC(=O)N2C(Cc3c([nH]c4ccccc34)C2(C)C)C1=O. The van der Waals surface area contributed by atoms with Gasteiger partial charge in [0.2, 0.25) is 5.91 Å². The fourth-order valence-electron chi connectivity index (χ4n) is 4.97. The van der Waals surface area contributed by atoms with Crippen LogP contribution in [0.5, 0.6) is 5.75 Å². The largest absolute Gasteiger partial charge is 0.493 e. The number of aromatic nitrogens is 1. The van der Waals surface area contributed by atoms with Crippen LogP contribution in [0.3, 0.4) is 0 Å². The molecule has 0 radical (unpaired) electrons. The van der Waals surface area contributed by atoms with E-state index in [1.54, 1.807) is 11.1 Å². The van der Waals surface area contributed by atoms with Crippen LogP contribution in [0.2, 0.25) is 0 Å². The van der Waals surface area contributed by atoms with Crippen molar-refractivity contribution in [3.63, 3.8) is 0 Å². The number of carbonyl (C=O) groups is 2. The molecular formula is C25H26N4O3. The zero-order valence-electron chi connectivity index (χ0n) is 18.5. The Balaban J connectivity index is 1.50. The van der Waals surface area contributed by atoms with Gasteiger partial charge in [0.25, 0.3) is 5.91 Å². The average Bonchev–Trinajstić information content (AvgIpc) is 3.16. The molecule has 3 aromatic rings. The highest BCUT2D eigenvalue weighted by molar-refractivity contribution is 5.98. The third kappa shape index (κ3) is 3.07. The molecule has 0 saturated carbocycles. The lowest BCUT2D eigenvalue weighted by molar-refractivity contribution is -0.163. The molecule has 2 aliphatic heterocycles. The number of fused-ring (bicyclic) bond motifs is 4. The molecule has 1 saturated heterocycles. The summed E-state index contributed by atoms with van der Waals surface area (Å²) >= 11 is 0. The predicted molar refractivity (Wildman–Crippen MR) is 123 cm³/mol.